The summed E-state index contributed by atoms with van der Waals surface area (Å²) < 4.78 is 10.2. The van der Waals surface area contributed by atoms with Gasteiger partial charge < -0.3 is 19.9 Å². The van der Waals surface area contributed by atoms with Crippen molar-refractivity contribution in [1.29, 1.82) is 0 Å². The summed E-state index contributed by atoms with van der Waals surface area (Å²) in [6, 6.07) is 4.52. The van der Waals surface area contributed by atoms with Gasteiger partial charge in [-0.2, -0.15) is 0 Å². The van der Waals surface area contributed by atoms with E-state index in [-0.39, 0.29) is 35.2 Å². The number of H-pyrrole nitrogens is 2. The van der Waals surface area contributed by atoms with Crippen LogP contribution in [0.5, 0.6) is 11.5 Å². The van der Waals surface area contributed by atoms with Crippen LogP contribution >= 0.6 is 0 Å². The third-order valence-electron chi connectivity index (χ3n) is 4.44. The van der Waals surface area contributed by atoms with E-state index >= 15 is 0 Å². The number of anilines is 1. The second kappa shape index (κ2) is 7.47. The lowest BCUT2D eigenvalue weighted by atomic mass is 9.77. The first-order chi connectivity index (χ1) is 13.4. The first kappa shape index (κ1) is 19.0. The molecular weight excluding hydrogens is 366 g/mol. The first-order valence-corrected chi connectivity index (χ1v) is 8.34. The summed E-state index contributed by atoms with van der Waals surface area (Å²) in [6.07, 6.45) is 1.42. The minimum absolute atomic E-state index is 0.0158. The van der Waals surface area contributed by atoms with Crippen molar-refractivity contribution in [2.24, 2.45) is 5.92 Å². The summed E-state index contributed by atoms with van der Waals surface area (Å²) in [5.74, 6) is -2.27. The van der Waals surface area contributed by atoms with Gasteiger partial charge in [0.15, 0.2) is 11.5 Å². The molecule has 2 aromatic rings. The summed E-state index contributed by atoms with van der Waals surface area (Å²) in [5.41, 5.74) is -0.561. The Morgan fingerprint density at radius 1 is 1.32 bits per heavy atom. The highest BCUT2D eigenvalue weighted by Gasteiger charge is 2.41. The molecule has 1 aromatic heterocycles. The average Bonchev–Trinajstić information content (AvgIpc) is 2.64. The Kier molecular flexibility index (Phi) is 5.08. The van der Waals surface area contributed by atoms with Crippen molar-refractivity contribution in [1.82, 2.24) is 9.97 Å². The molecule has 0 amide bonds. The molecule has 0 radical (unpaired) electrons. The number of aromatic amines is 2. The molecule has 2 atom stereocenters. The lowest BCUT2D eigenvalue weighted by molar-refractivity contribution is -0.146. The molecule has 1 aliphatic heterocycles. The van der Waals surface area contributed by atoms with Gasteiger partial charge in [-0.25, -0.2) is 4.79 Å². The predicted octanol–water partition coefficient (Wildman–Crippen LogP) is 1.19. The summed E-state index contributed by atoms with van der Waals surface area (Å²) in [4.78, 5) is 41.6. The number of carbonyl (C=O) groups excluding carboxylic acids is 1. The van der Waals surface area contributed by atoms with E-state index in [1.54, 1.807) is 6.07 Å². The van der Waals surface area contributed by atoms with Gasteiger partial charge in [0.05, 0.1) is 12.7 Å². The van der Waals surface area contributed by atoms with Gasteiger partial charge in [0.25, 0.3) is 5.56 Å². The molecule has 0 saturated carbocycles. The van der Waals surface area contributed by atoms with Gasteiger partial charge in [-0.05, 0) is 17.7 Å². The van der Waals surface area contributed by atoms with E-state index in [0.29, 0.717) is 5.56 Å². The third kappa shape index (κ3) is 3.29. The van der Waals surface area contributed by atoms with Crippen molar-refractivity contribution in [2.75, 3.05) is 19.0 Å². The molecule has 9 heteroatoms. The Bertz CT molecular complexity index is 1070. The van der Waals surface area contributed by atoms with Crippen LogP contribution in [0.25, 0.3) is 0 Å². The van der Waals surface area contributed by atoms with Crippen LogP contribution in [-0.2, 0) is 9.53 Å². The molecule has 28 heavy (non-hydrogen) atoms. The van der Waals surface area contributed by atoms with Crippen LogP contribution in [0.2, 0.25) is 0 Å². The van der Waals surface area contributed by atoms with Crippen LogP contribution in [0.1, 0.15) is 17.0 Å². The number of nitrogens with one attached hydrogen (secondary N) is 3. The van der Waals surface area contributed by atoms with Gasteiger partial charge in [-0.15, -0.1) is 0 Å². The molecule has 0 bridgehead atoms. The second-order valence-corrected chi connectivity index (χ2v) is 6.15. The molecule has 0 spiro atoms. The van der Waals surface area contributed by atoms with E-state index < -0.39 is 29.1 Å². The Hall–Kier alpha value is -3.75. The zero-order valence-electron chi connectivity index (χ0n) is 15.1. The molecule has 1 aliphatic rings. The number of carbonyl (C=O) groups is 1. The first-order valence-electron chi connectivity index (χ1n) is 8.34. The molecule has 0 aliphatic carbocycles. The van der Waals surface area contributed by atoms with Gasteiger partial charge in [-0.3, -0.25) is 19.6 Å². The number of methoxy groups -OCH3 is 1. The summed E-state index contributed by atoms with van der Waals surface area (Å²) >= 11 is 0. The standard InChI is InChI=1S/C19H19N3O6/c1-4-7-28-18(25)13-9(2)20-16-15(17(24)22-19(26)21-16)14(13)10-5-6-12(27-3)11(23)8-10/h4-6,8,13-14,23H,1-2,7H2,3H3,(H3,20,21,22,24,26)/t13-,14-/m0/s1. The molecule has 0 unspecified atom stereocenters. The fourth-order valence-electron chi connectivity index (χ4n) is 3.27. The minimum Gasteiger partial charge on any atom is -0.504 e. The fourth-order valence-corrected chi connectivity index (χ4v) is 3.27. The number of benzene rings is 1. The number of aromatic nitrogens is 2. The average molecular weight is 385 g/mol. The van der Waals surface area contributed by atoms with Gasteiger partial charge in [0, 0.05) is 11.6 Å². The molecular formula is C19H19N3O6. The summed E-state index contributed by atoms with van der Waals surface area (Å²) in [7, 11) is 1.40. The SMILES string of the molecule is C=CCOC(=O)[C@H]1C(=C)Nc2[nH]c(=O)[nH]c(=O)c2[C@H]1c1ccc(OC)c(O)c1. The van der Waals surface area contributed by atoms with E-state index in [9.17, 15) is 19.5 Å². The van der Waals surface area contributed by atoms with E-state index in [0.717, 1.165) is 0 Å². The lowest BCUT2D eigenvalue weighted by Gasteiger charge is -2.33. The maximum atomic E-state index is 12.7. The number of fused-ring (bicyclic) bond motifs is 1. The zero-order chi connectivity index (χ0) is 20.4. The largest absolute Gasteiger partial charge is 0.504 e. The van der Waals surface area contributed by atoms with Crippen LogP contribution in [0.3, 0.4) is 0 Å². The normalized spacial score (nSPS) is 18.0. The van der Waals surface area contributed by atoms with Crippen molar-refractivity contribution in [3.05, 3.63) is 75.1 Å². The maximum absolute atomic E-state index is 12.7. The highest BCUT2D eigenvalue weighted by Crippen LogP contribution is 2.43. The third-order valence-corrected chi connectivity index (χ3v) is 4.44. The number of phenolic OH excluding ortho intramolecular Hbond substituents is 1. The molecule has 9 nitrogen and oxygen atoms in total. The molecule has 1 aromatic carbocycles. The smallest absolute Gasteiger partial charge is 0.327 e. The number of esters is 1. The zero-order valence-corrected chi connectivity index (χ0v) is 15.1. The Labute approximate surface area is 159 Å². The number of phenols is 1. The van der Waals surface area contributed by atoms with Gasteiger partial charge in [-0.1, -0.05) is 25.3 Å². The molecule has 0 fully saturated rings. The molecule has 146 valence electrons. The van der Waals surface area contributed by atoms with Gasteiger partial charge >= 0.3 is 11.7 Å². The number of rotatable bonds is 5. The van der Waals surface area contributed by atoms with Gasteiger partial charge in [0.2, 0.25) is 0 Å². The second-order valence-electron chi connectivity index (χ2n) is 6.15. The van der Waals surface area contributed by atoms with Crippen molar-refractivity contribution in [2.45, 2.75) is 5.92 Å². The predicted molar refractivity (Wildman–Crippen MR) is 102 cm³/mol. The highest BCUT2D eigenvalue weighted by atomic mass is 16.5. The number of ether oxygens (including phenoxy) is 2. The Morgan fingerprint density at radius 3 is 2.71 bits per heavy atom. The summed E-state index contributed by atoms with van der Waals surface area (Å²) in [5, 5.41) is 13.0. The topological polar surface area (TPSA) is 134 Å². The fraction of sp³-hybridized carbons (Fsp3) is 0.211. The molecule has 0 saturated heterocycles. The van der Waals surface area contributed by atoms with E-state index in [2.05, 4.69) is 28.4 Å². The number of hydrogen-bond donors (Lipinski definition) is 4. The van der Waals surface area contributed by atoms with Crippen LogP contribution < -0.4 is 21.3 Å². The molecule has 4 N–H and O–H groups in total. The van der Waals surface area contributed by atoms with E-state index in [1.807, 2.05) is 0 Å². The van der Waals surface area contributed by atoms with Crippen molar-refractivity contribution >= 4 is 11.8 Å². The Morgan fingerprint density at radius 2 is 2.07 bits per heavy atom. The number of hydrogen-bond acceptors (Lipinski definition) is 7. The van der Waals surface area contributed by atoms with E-state index in [4.69, 9.17) is 9.47 Å². The minimum atomic E-state index is -0.979. The lowest BCUT2D eigenvalue weighted by Crippen LogP contribution is -2.40. The van der Waals surface area contributed by atoms with Crippen LogP contribution in [0.4, 0.5) is 5.82 Å². The molecule has 3 rings (SSSR count). The van der Waals surface area contributed by atoms with Gasteiger partial charge in [0.1, 0.15) is 18.3 Å². The maximum Gasteiger partial charge on any atom is 0.327 e. The monoisotopic (exact) mass is 385 g/mol. The quantitative estimate of drug-likeness (QED) is 0.449. The van der Waals surface area contributed by atoms with Crippen molar-refractivity contribution in [3.63, 3.8) is 0 Å². The van der Waals surface area contributed by atoms with Crippen LogP contribution in [0.15, 0.2) is 52.7 Å². The van der Waals surface area contributed by atoms with E-state index in [1.165, 1.54) is 25.3 Å². The Balaban J connectivity index is 2.22. The van der Waals surface area contributed by atoms with Crippen molar-refractivity contribution in [3.8, 4) is 11.5 Å². The van der Waals surface area contributed by atoms with Crippen LogP contribution in [0, 0.1) is 5.92 Å². The van der Waals surface area contributed by atoms with Crippen molar-refractivity contribution < 1.29 is 19.4 Å². The van der Waals surface area contributed by atoms with Crippen LogP contribution in [-0.4, -0.2) is 34.8 Å². The highest BCUT2D eigenvalue weighted by molar-refractivity contribution is 5.81. The molecule has 2 heterocycles. The number of aromatic hydroxyl groups is 1. The summed E-state index contributed by atoms with van der Waals surface area (Å²) in [6.45, 7) is 7.35.